The number of aromatic hydroxyl groups is 2. The van der Waals surface area contributed by atoms with Gasteiger partial charge in [0.25, 0.3) is 16.8 Å². The molecule has 0 spiro atoms. The first-order valence-corrected chi connectivity index (χ1v) is 9.01. The molecule has 0 amide bonds. The highest BCUT2D eigenvalue weighted by atomic mass is 32.2. The molecule has 0 bridgehead atoms. The van der Waals surface area contributed by atoms with Gasteiger partial charge in [0.2, 0.25) is 0 Å². The maximum atomic E-state index is 12.6. The number of nitrogens with one attached hydrogen (secondary N) is 1. The Balaban J connectivity index is 1.94. The van der Waals surface area contributed by atoms with Crippen LogP contribution in [0.5, 0.6) is 11.5 Å². The lowest BCUT2D eigenvalue weighted by molar-refractivity contribution is -0.383. The summed E-state index contributed by atoms with van der Waals surface area (Å²) in [7, 11) is 0. The SMILES string of the molecule is O=c1nc(Sc2cc(O)c3ccccc3c2O)[nH]c(=O)c2c([N+](=O)[O-])cccc12. The van der Waals surface area contributed by atoms with Crippen LogP contribution in [0.15, 0.2) is 68.2 Å². The Morgan fingerprint density at radius 3 is 2.41 bits per heavy atom. The monoisotopic (exact) mass is 409 g/mol. The van der Waals surface area contributed by atoms with Crippen molar-refractivity contribution in [3.63, 3.8) is 0 Å². The summed E-state index contributed by atoms with van der Waals surface area (Å²) in [5, 5.41) is 32.0. The predicted octanol–water partition coefficient (Wildman–Crippen LogP) is 2.91. The molecule has 0 unspecified atom stereocenters. The first-order valence-electron chi connectivity index (χ1n) is 8.20. The zero-order valence-electron chi connectivity index (χ0n) is 14.4. The number of phenolic OH excluding ortho intramolecular Hbond substituents is 2. The predicted molar refractivity (Wildman–Crippen MR) is 107 cm³/mol. The molecule has 0 fully saturated rings. The van der Waals surface area contributed by atoms with E-state index in [0.29, 0.717) is 10.8 Å². The minimum Gasteiger partial charge on any atom is -0.507 e. The van der Waals surface area contributed by atoms with Gasteiger partial charge in [-0.3, -0.25) is 19.7 Å². The van der Waals surface area contributed by atoms with E-state index in [4.69, 9.17) is 0 Å². The summed E-state index contributed by atoms with van der Waals surface area (Å²) in [5.74, 6) is -0.271. The first kappa shape index (κ1) is 18.4. The number of fused-ring (bicyclic) bond motifs is 2. The molecule has 9 nitrogen and oxygen atoms in total. The highest BCUT2D eigenvalue weighted by Crippen LogP contribution is 2.41. The van der Waals surface area contributed by atoms with Crippen LogP contribution in [0.2, 0.25) is 0 Å². The van der Waals surface area contributed by atoms with Gasteiger partial charge in [-0.25, -0.2) is 0 Å². The van der Waals surface area contributed by atoms with Gasteiger partial charge in [0, 0.05) is 16.8 Å². The van der Waals surface area contributed by atoms with Gasteiger partial charge in [-0.15, -0.1) is 0 Å². The van der Waals surface area contributed by atoms with Gasteiger partial charge in [-0.1, -0.05) is 30.3 Å². The third-order valence-corrected chi connectivity index (χ3v) is 5.20. The fourth-order valence-electron chi connectivity index (χ4n) is 3.00. The standard InChI is InChI=1S/C19H11N3O6S/c23-13-8-14(16(24)10-5-2-1-4-9(10)13)29-19-20-17(25)11-6-3-7-12(22(27)28)15(11)18(26)21-19/h1-8,23-24H,(H,20,21,25,26). The first-order chi connectivity index (χ1) is 13.9. The van der Waals surface area contributed by atoms with E-state index in [2.05, 4.69) is 9.97 Å². The molecule has 144 valence electrons. The third-order valence-electron chi connectivity index (χ3n) is 4.29. The summed E-state index contributed by atoms with van der Waals surface area (Å²) in [6.07, 6.45) is 0. The Hall–Kier alpha value is -3.92. The molecule has 0 atom stereocenters. The smallest absolute Gasteiger partial charge is 0.282 e. The molecule has 10 heteroatoms. The number of hydrogen-bond acceptors (Lipinski definition) is 8. The minimum atomic E-state index is -0.867. The van der Waals surface area contributed by atoms with Crippen LogP contribution in [-0.4, -0.2) is 25.1 Å². The number of aromatic nitrogens is 2. The van der Waals surface area contributed by atoms with Crippen LogP contribution in [0.3, 0.4) is 0 Å². The Labute approximate surface area is 165 Å². The van der Waals surface area contributed by atoms with Crippen molar-refractivity contribution in [2.75, 3.05) is 0 Å². The number of non-ortho nitro benzene ring substituents is 1. The van der Waals surface area contributed by atoms with Crippen molar-refractivity contribution in [3.05, 3.63) is 79.4 Å². The van der Waals surface area contributed by atoms with Gasteiger partial charge in [0.1, 0.15) is 16.9 Å². The molecule has 1 heterocycles. The van der Waals surface area contributed by atoms with E-state index in [-0.39, 0.29) is 32.3 Å². The van der Waals surface area contributed by atoms with Crippen molar-refractivity contribution in [1.82, 2.24) is 9.97 Å². The van der Waals surface area contributed by atoms with Crippen LogP contribution in [-0.2, 0) is 0 Å². The van der Waals surface area contributed by atoms with Gasteiger partial charge >= 0.3 is 0 Å². The van der Waals surface area contributed by atoms with Crippen LogP contribution in [0, 0.1) is 10.1 Å². The Morgan fingerprint density at radius 2 is 1.69 bits per heavy atom. The van der Waals surface area contributed by atoms with Gasteiger partial charge in [-0.2, -0.15) is 4.98 Å². The van der Waals surface area contributed by atoms with E-state index in [0.717, 1.165) is 17.8 Å². The number of nitrogens with zero attached hydrogens (tertiary/aromatic N) is 2. The zero-order valence-corrected chi connectivity index (χ0v) is 15.3. The summed E-state index contributed by atoms with van der Waals surface area (Å²) in [4.78, 5) is 41.8. The lowest BCUT2D eigenvalue weighted by Gasteiger charge is -2.08. The van der Waals surface area contributed by atoms with E-state index in [1.165, 1.54) is 18.2 Å². The number of nitro benzene ring substituents is 1. The normalized spacial score (nSPS) is 11.0. The number of nitro groups is 1. The van der Waals surface area contributed by atoms with Gasteiger partial charge in [0.15, 0.2) is 5.16 Å². The average molecular weight is 409 g/mol. The summed E-state index contributed by atoms with van der Waals surface area (Å²) in [6.45, 7) is 0. The van der Waals surface area contributed by atoms with Gasteiger partial charge in [-0.05, 0) is 23.9 Å². The number of benzene rings is 3. The second-order valence-electron chi connectivity index (χ2n) is 6.02. The zero-order chi connectivity index (χ0) is 20.7. The molecule has 3 N–H and O–H groups in total. The van der Waals surface area contributed by atoms with E-state index < -0.39 is 21.7 Å². The number of aromatic amines is 1. The van der Waals surface area contributed by atoms with Crippen molar-refractivity contribution in [2.24, 2.45) is 0 Å². The lowest BCUT2D eigenvalue weighted by atomic mass is 10.1. The third kappa shape index (κ3) is 3.15. The van der Waals surface area contributed by atoms with Crippen LogP contribution in [0.1, 0.15) is 0 Å². The molecule has 3 aromatic carbocycles. The number of rotatable bonds is 3. The fraction of sp³-hybridized carbons (Fsp3) is 0. The molecule has 0 radical (unpaired) electrons. The quantitative estimate of drug-likeness (QED) is 0.266. The molecular formula is C19H11N3O6S. The second kappa shape index (κ2) is 6.91. The van der Waals surface area contributed by atoms with Crippen molar-refractivity contribution in [2.45, 2.75) is 10.1 Å². The topological polar surface area (TPSA) is 146 Å². The van der Waals surface area contributed by atoms with Crippen molar-refractivity contribution >= 4 is 39.0 Å². The molecular weight excluding hydrogens is 398 g/mol. The maximum absolute atomic E-state index is 12.6. The van der Waals surface area contributed by atoms with Gasteiger partial charge < -0.3 is 15.2 Å². The largest absolute Gasteiger partial charge is 0.507 e. The van der Waals surface area contributed by atoms with E-state index in [9.17, 15) is 29.9 Å². The molecule has 0 aliphatic carbocycles. The molecule has 0 saturated carbocycles. The molecule has 4 rings (SSSR count). The van der Waals surface area contributed by atoms with Crippen molar-refractivity contribution in [1.29, 1.82) is 0 Å². The summed E-state index contributed by atoms with van der Waals surface area (Å²) >= 11 is 0.743. The van der Waals surface area contributed by atoms with E-state index >= 15 is 0 Å². The maximum Gasteiger partial charge on any atom is 0.282 e. The van der Waals surface area contributed by atoms with Crippen molar-refractivity contribution in [3.8, 4) is 11.5 Å². The molecule has 0 saturated heterocycles. The number of phenols is 2. The average Bonchev–Trinajstić information content (AvgIpc) is 2.82. The Bertz CT molecular complexity index is 1430. The van der Waals surface area contributed by atoms with Crippen molar-refractivity contribution < 1.29 is 15.1 Å². The van der Waals surface area contributed by atoms with E-state index in [1.807, 2.05) is 0 Å². The summed E-state index contributed by atoms with van der Waals surface area (Å²) in [6, 6.07) is 11.6. The number of H-pyrrole nitrogens is 1. The minimum absolute atomic E-state index is 0.105. The molecule has 0 aliphatic rings. The van der Waals surface area contributed by atoms with Crippen LogP contribution >= 0.6 is 11.8 Å². The fourth-order valence-corrected chi connectivity index (χ4v) is 3.85. The highest BCUT2D eigenvalue weighted by Gasteiger charge is 2.18. The molecule has 0 aliphatic heterocycles. The van der Waals surface area contributed by atoms with Crippen LogP contribution in [0.25, 0.3) is 21.5 Å². The van der Waals surface area contributed by atoms with E-state index in [1.54, 1.807) is 24.3 Å². The summed E-state index contributed by atoms with van der Waals surface area (Å²) in [5.41, 5.74) is -2.22. The Morgan fingerprint density at radius 1 is 1.00 bits per heavy atom. The highest BCUT2D eigenvalue weighted by molar-refractivity contribution is 7.99. The number of hydrogen-bond donors (Lipinski definition) is 3. The second-order valence-corrected chi connectivity index (χ2v) is 7.05. The van der Waals surface area contributed by atoms with Crippen LogP contribution < -0.4 is 11.1 Å². The molecule has 4 aromatic rings. The Kier molecular flexibility index (Phi) is 4.40. The molecule has 1 aromatic heterocycles. The van der Waals surface area contributed by atoms with Crippen LogP contribution in [0.4, 0.5) is 5.69 Å². The lowest BCUT2D eigenvalue weighted by Crippen LogP contribution is -2.07. The van der Waals surface area contributed by atoms with Gasteiger partial charge in [0.05, 0.1) is 15.2 Å². The molecule has 29 heavy (non-hydrogen) atoms. The summed E-state index contributed by atoms with van der Waals surface area (Å²) < 4.78 is 0.